The molecule has 17 heavy (non-hydrogen) atoms. The summed E-state index contributed by atoms with van der Waals surface area (Å²) >= 11 is 0. The van der Waals surface area contributed by atoms with E-state index in [0.717, 1.165) is 5.75 Å². The second-order valence-electron chi connectivity index (χ2n) is 4.16. The van der Waals surface area contributed by atoms with E-state index in [2.05, 4.69) is 24.3 Å². The predicted octanol–water partition coefficient (Wildman–Crippen LogP) is 3.51. The fourth-order valence-corrected chi connectivity index (χ4v) is 2.06. The molecule has 2 aromatic carbocycles. The predicted molar refractivity (Wildman–Crippen MR) is 66.0 cm³/mol. The van der Waals surface area contributed by atoms with Gasteiger partial charge in [-0.25, -0.2) is 0 Å². The van der Waals surface area contributed by atoms with Crippen LogP contribution in [0.3, 0.4) is 0 Å². The molecule has 2 heteroatoms. The molecule has 1 aliphatic heterocycles. The second kappa shape index (κ2) is 4.22. The minimum absolute atomic E-state index is 0.198. The van der Waals surface area contributed by atoms with Gasteiger partial charge in [0, 0.05) is 0 Å². The van der Waals surface area contributed by atoms with E-state index in [-0.39, 0.29) is 12.2 Å². The van der Waals surface area contributed by atoms with Crippen LogP contribution in [0.5, 0.6) is 5.75 Å². The highest BCUT2D eigenvalue weighted by molar-refractivity contribution is 5.33. The van der Waals surface area contributed by atoms with Crippen molar-refractivity contribution in [3.8, 4) is 5.75 Å². The molecule has 2 aromatic rings. The van der Waals surface area contributed by atoms with Crippen molar-refractivity contribution in [1.82, 2.24) is 0 Å². The van der Waals surface area contributed by atoms with Gasteiger partial charge in [0.15, 0.2) is 0 Å². The summed E-state index contributed by atoms with van der Waals surface area (Å²) in [6.45, 7) is 0. The van der Waals surface area contributed by atoms with Crippen LogP contribution < -0.4 is 4.74 Å². The van der Waals surface area contributed by atoms with Gasteiger partial charge in [-0.3, -0.25) is 0 Å². The number of hydrogen-bond donors (Lipinski definition) is 0. The summed E-state index contributed by atoms with van der Waals surface area (Å²) in [5.74, 6) is 0.880. The SMILES string of the molecule is COc1ccc([C@H]2O[C@@H]2c2ccccc2)cc1. The molecule has 0 aromatic heterocycles. The van der Waals surface area contributed by atoms with Gasteiger partial charge in [0.1, 0.15) is 18.0 Å². The number of methoxy groups -OCH3 is 1. The maximum absolute atomic E-state index is 5.72. The summed E-state index contributed by atoms with van der Waals surface area (Å²) in [6.07, 6.45) is 0.410. The lowest BCUT2D eigenvalue weighted by Gasteiger charge is -2.00. The molecule has 1 fully saturated rings. The topological polar surface area (TPSA) is 21.8 Å². The Labute approximate surface area is 101 Å². The summed E-state index contributed by atoms with van der Waals surface area (Å²) in [5.41, 5.74) is 2.45. The lowest BCUT2D eigenvalue weighted by atomic mass is 10.0. The third-order valence-electron chi connectivity index (χ3n) is 3.06. The normalized spacial score (nSPS) is 22.2. The van der Waals surface area contributed by atoms with Crippen LogP contribution >= 0.6 is 0 Å². The van der Waals surface area contributed by atoms with Gasteiger partial charge in [0.25, 0.3) is 0 Å². The highest BCUT2D eigenvalue weighted by Gasteiger charge is 2.41. The van der Waals surface area contributed by atoms with Crippen molar-refractivity contribution >= 4 is 0 Å². The largest absolute Gasteiger partial charge is 0.497 e. The van der Waals surface area contributed by atoms with E-state index in [9.17, 15) is 0 Å². The molecule has 1 saturated heterocycles. The molecule has 86 valence electrons. The molecule has 0 aliphatic carbocycles. The van der Waals surface area contributed by atoms with Gasteiger partial charge in [-0.05, 0) is 23.3 Å². The van der Waals surface area contributed by atoms with Crippen LogP contribution in [0, 0.1) is 0 Å². The average Bonchev–Trinajstić information content (AvgIpc) is 3.20. The minimum atomic E-state index is 0.198. The van der Waals surface area contributed by atoms with E-state index in [1.165, 1.54) is 11.1 Å². The lowest BCUT2D eigenvalue weighted by molar-refractivity contribution is 0.377. The highest BCUT2D eigenvalue weighted by Crippen LogP contribution is 2.50. The average molecular weight is 226 g/mol. The van der Waals surface area contributed by atoms with E-state index < -0.39 is 0 Å². The molecule has 2 nitrogen and oxygen atoms in total. The van der Waals surface area contributed by atoms with Gasteiger partial charge in [0.05, 0.1) is 7.11 Å². The van der Waals surface area contributed by atoms with Crippen molar-refractivity contribution in [3.63, 3.8) is 0 Å². The number of benzene rings is 2. The van der Waals surface area contributed by atoms with Crippen LogP contribution in [0.15, 0.2) is 54.6 Å². The molecule has 1 heterocycles. The van der Waals surface area contributed by atoms with Crippen LogP contribution in [0.1, 0.15) is 23.3 Å². The molecule has 2 atom stereocenters. The molecular formula is C15H14O2. The van der Waals surface area contributed by atoms with Gasteiger partial charge in [0.2, 0.25) is 0 Å². The van der Waals surface area contributed by atoms with E-state index >= 15 is 0 Å². The van der Waals surface area contributed by atoms with Crippen molar-refractivity contribution in [1.29, 1.82) is 0 Å². The van der Waals surface area contributed by atoms with E-state index in [0.29, 0.717) is 0 Å². The summed E-state index contributed by atoms with van der Waals surface area (Å²) in [5, 5.41) is 0. The fourth-order valence-electron chi connectivity index (χ4n) is 2.06. The van der Waals surface area contributed by atoms with Crippen LogP contribution in [-0.4, -0.2) is 7.11 Å². The monoisotopic (exact) mass is 226 g/mol. The Morgan fingerprint density at radius 1 is 0.824 bits per heavy atom. The Balaban J connectivity index is 1.76. The van der Waals surface area contributed by atoms with Gasteiger partial charge in [-0.1, -0.05) is 42.5 Å². The van der Waals surface area contributed by atoms with Gasteiger partial charge < -0.3 is 9.47 Å². The maximum atomic E-state index is 5.72. The smallest absolute Gasteiger partial charge is 0.118 e. The standard InChI is InChI=1S/C15H14O2/c1-16-13-9-7-12(8-10-13)15-14(17-15)11-5-3-2-4-6-11/h2-10,14-15H,1H3/t14-,15-/m1/s1. The molecule has 0 bridgehead atoms. The Hall–Kier alpha value is -1.80. The number of hydrogen-bond acceptors (Lipinski definition) is 2. The van der Waals surface area contributed by atoms with Gasteiger partial charge >= 0.3 is 0 Å². The van der Waals surface area contributed by atoms with E-state index in [1.54, 1.807) is 7.11 Å². The molecular weight excluding hydrogens is 212 g/mol. The first-order valence-corrected chi connectivity index (χ1v) is 5.73. The van der Waals surface area contributed by atoms with Crippen molar-refractivity contribution in [3.05, 3.63) is 65.7 Å². The van der Waals surface area contributed by atoms with Crippen LogP contribution in [0.25, 0.3) is 0 Å². The quantitative estimate of drug-likeness (QED) is 0.747. The summed E-state index contributed by atoms with van der Waals surface area (Å²) in [7, 11) is 1.68. The summed E-state index contributed by atoms with van der Waals surface area (Å²) in [6, 6.07) is 18.4. The second-order valence-corrected chi connectivity index (χ2v) is 4.16. The molecule has 0 N–H and O–H groups in total. The Morgan fingerprint density at radius 2 is 1.41 bits per heavy atom. The van der Waals surface area contributed by atoms with Crippen molar-refractivity contribution in [2.45, 2.75) is 12.2 Å². The van der Waals surface area contributed by atoms with Crippen molar-refractivity contribution in [2.24, 2.45) is 0 Å². The van der Waals surface area contributed by atoms with Crippen molar-refractivity contribution in [2.75, 3.05) is 7.11 Å². The van der Waals surface area contributed by atoms with Crippen LogP contribution in [0.2, 0.25) is 0 Å². The van der Waals surface area contributed by atoms with Crippen LogP contribution in [-0.2, 0) is 4.74 Å². The fraction of sp³-hybridized carbons (Fsp3) is 0.200. The molecule has 0 amide bonds. The summed E-state index contributed by atoms with van der Waals surface area (Å²) in [4.78, 5) is 0. The van der Waals surface area contributed by atoms with E-state index in [1.807, 2.05) is 30.3 Å². The number of ether oxygens (including phenoxy) is 2. The Morgan fingerprint density at radius 3 is 2.00 bits per heavy atom. The number of epoxide rings is 1. The first kappa shape index (κ1) is 10.4. The first-order chi connectivity index (χ1) is 8.38. The van der Waals surface area contributed by atoms with E-state index in [4.69, 9.17) is 9.47 Å². The molecule has 1 aliphatic rings. The summed E-state index contributed by atoms with van der Waals surface area (Å²) < 4.78 is 10.9. The van der Waals surface area contributed by atoms with Crippen LogP contribution in [0.4, 0.5) is 0 Å². The highest BCUT2D eigenvalue weighted by atomic mass is 16.6. The first-order valence-electron chi connectivity index (χ1n) is 5.73. The lowest BCUT2D eigenvalue weighted by Crippen LogP contribution is -1.86. The Kier molecular flexibility index (Phi) is 2.57. The molecule has 0 radical (unpaired) electrons. The van der Waals surface area contributed by atoms with Crippen molar-refractivity contribution < 1.29 is 9.47 Å². The van der Waals surface area contributed by atoms with Gasteiger partial charge in [-0.15, -0.1) is 0 Å². The minimum Gasteiger partial charge on any atom is -0.497 e. The molecule has 3 rings (SSSR count). The molecule has 0 spiro atoms. The zero-order valence-electron chi connectivity index (χ0n) is 9.67. The zero-order chi connectivity index (χ0) is 11.7. The Bertz CT molecular complexity index is 490. The maximum Gasteiger partial charge on any atom is 0.118 e. The van der Waals surface area contributed by atoms with Gasteiger partial charge in [-0.2, -0.15) is 0 Å². The zero-order valence-corrected chi connectivity index (χ0v) is 9.67. The molecule has 0 saturated carbocycles. The number of rotatable bonds is 3. The third kappa shape index (κ3) is 2.04. The third-order valence-corrected chi connectivity index (χ3v) is 3.06. The molecule has 0 unspecified atom stereocenters.